The second-order valence-electron chi connectivity index (χ2n) is 3.58. The summed E-state index contributed by atoms with van der Waals surface area (Å²) in [5.74, 6) is -1.44. The molecule has 1 aromatic carbocycles. The molecule has 2 aromatic rings. The lowest BCUT2D eigenvalue weighted by Crippen LogP contribution is -2.14. The van der Waals surface area contributed by atoms with Crippen LogP contribution in [0.25, 0.3) is 11.1 Å². The molecule has 0 aliphatic carbocycles. The Morgan fingerprint density at radius 2 is 1.94 bits per heavy atom. The number of nitriles is 1. The lowest BCUT2D eigenvalue weighted by Gasteiger charge is -2.06. The zero-order chi connectivity index (χ0) is 13.3. The zero-order valence-corrected chi connectivity index (χ0v) is 9.00. The number of nitrogens with two attached hydrogens (primary N) is 1. The number of anilines is 1. The normalized spacial score (nSPS) is 10.1. The Kier molecular flexibility index (Phi) is 2.81. The lowest BCUT2D eigenvalue weighted by atomic mass is 10.0. The van der Waals surface area contributed by atoms with Crippen LogP contribution in [0.4, 0.5) is 14.6 Å². The molecule has 3 N–H and O–H groups in total. The van der Waals surface area contributed by atoms with Crippen molar-refractivity contribution in [1.82, 2.24) is 4.98 Å². The molecular weight excluding hydrogens is 240 g/mol. The van der Waals surface area contributed by atoms with Crippen LogP contribution in [0.15, 0.2) is 29.1 Å². The molecule has 4 nitrogen and oxygen atoms in total. The number of nitrogen functional groups attached to an aromatic ring is 1. The van der Waals surface area contributed by atoms with E-state index >= 15 is 0 Å². The number of benzene rings is 1. The number of H-pyrrole nitrogens is 1. The van der Waals surface area contributed by atoms with Crippen LogP contribution in [-0.2, 0) is 0 Å². The number of nitrogens with one attached hydrogen (secondary N) is 1. The molecule has 0 aliphatic heterocycles. The molecule has 0 saturated heterocycles. The Bertz CT molecular complexity index is 716. The van der Waals surface area contributed by atoms with Crippen molar-refractivity contribution in [1.29, 1.82) is 5.26 Å². The molecule has 1 aromatic heterocycles. The lowest BCUT2D eigenvalue weighted by molar-refractivity contribution is 0.603. The highest BCUT2D eigenvalue weighted by atomic mass is 19.1. The second-order valence-corrected chi connectivity index (χ2v) is 3.58. The molecular formula is C12H7F2N3O. The van der Waals surface area contributed by atoms with Gasteiger partial charge in [-0.05, 0) is 24.3 Å². The molecule has 6 heteroatoms. The largest absolute Gasteiger partial charge is 0.385 e. The molecule has 0 bridgehead atoms. The first-order valence-corrected chi connectivity index (χ1v) is 4.91. The molecule has 0 fully saturated rings. The third-order valence-corrected chi connectivity index (χ3v) is 2.38. The number of hydrogen-bond acceptors (Lipinski definition) is 3. The number of halogens is 2. The van der Waals surface area contributed by atoms with E-state index < -0.39 is 17.2 Å². The Morgan fingerprint density at radius 1 is 1.22 bits per heavy atom. The summed E-state index contributed by atoms with van der Waals surface area (Å²) < 4.78 is 26.7. The smallest absolute Gasteiger partial charge is 0.268 e. The third-order valence-electron chi connectivity index (χ3n) is 2.38. The average molecular weight is 247 g/mol. The summed E-state index contributed by atoms with van der Waals surface area (Å²) in [6, 6.07) is 5.64. The highest BCUT2D eigenvalue weighted by molar-refractivity contribution is 5.72. The van der Waals surface area contributed by atoms with Crippen molar-refractivity contribution in [2.24, 2.45) is 0 Å². The molecule has 0 unspecified atom stereocenters. The van der Waals surface area contributed by atoms with Gasteiger partial charge in [0.25, 0.3) is 5.56 Å². The standard InChI is InChI=1S/C12H7F2N3O/c13-6-1-2-10(14)8(3-6)7-4-11(16)17-12(18)9(7)5-15/h1-4H,(H3,16,17,18). The van der Waals surface area contributed by atoms with Gasteiger partial charge in [0.05, 0.1) is 0 Å². The molecule has 18 heavy (non-hydrogen) atoms. The van der Waals surface area contributed by atoms with Crippen molar-refractivity contribution >= 4 is 5.82 Å². The Labute approximate surface area is 100 Å². The van der Waals surface area contributed by atoms with E-state index in [4.69, 9.17) is 11.0 Å². The summed E-state index contributed by atoms with van der Waals surface area (Å²) in [4.78, 5) is 13.7. The predicted octanol–water partition coefficient (Wildman–Crippen LogP) is 1.77. The van der Waals surface area contributed by atoms with E-state index in [1.165, 1.54) is 6.07 Å². The van der Waals surface area contributed by atoms with Gasteiger partial charge in [0.15, 0.2) is 0 Å². The van der Waals surface area contributed by atoms with E-state index in [2.05, 4.69) is 4.98 Å². The maximum absolute atomic E-state index is 13.6. The summed E-state index contributed by atoms with van der Waals surface area (Å²) >= 11 is 0. The number of hydrogen-bond donors (Lipinski definition) is 2. The SMILES string of the molecule is N#Cc1c(-c2cc(F)ccc2F)cc(N)[nH]c1=O. The van der Waals surface area contributed by atoms with Gasteiger partial charge in [-0.15, -0.1) is 0 Å². The van der Waals surface area contributed by atoms with E-state index in [-0.39, 0.29) is 22.5 Å². The molecule has 0 saturated carbocycles. The topological polar surface area (TPSA) is 82.7 Å². The van der Waals surface area contributed by atoms with Crippen LogP contribution in [0.1, 0.15) is 5.56 Å². The second kappa shape index (κ2) is 4.30. The quantitative estimate of drug-likeness (QED) is 0.805. The number of rotatable bonds is 1. The molecule has 0 spiro atoms. The first-order valence-electron chi connectivity index (χ1n) is 4.91. The van der Waals surface area contributed by atoms with Crippen LogP contribution < -0.4 is 11.3 Å². The van der Waals surface area contributed by atoms with Crippen molar-refractivity contribution < 1.29 is 8.78 Å². The average Bonchev–Trinajstić information content (AvgIpc) is 2.31. The molecule has 0 aliphatic rings. The Balaban J connectivity index is 2.83. The number of aromatic nitrogens is 1. The molecule has 1 heterocycles. The summed E-state index contributed by atoms with van der Waals surface area (Å²) in [6.45, 7) is 0. The van der Waals surface area contributed by atoms with Crippen molar-refractivity contribution in [2.75, 3.05) is 5.73 Å². The maximum Gasteiger partial charge on any atom is 0.268 e. The molecule has 0 atom stereocenters. The van der Waals surface area contributed by atoms with Crippen LogP contribution in [0, 0.1) is 23.0 Å². The summed E-state index contributed by atoms with van der Waals surface area (Å²) in [6.07, 6.45) is 0. The van der Waals surface area contributed by atoms with E-state index in [9.17, 15) is 13.6 Å². The fraction of sp³-hybridized carbons (Fsp3) is 0. The van der Waals surface area contributed by atoms with Crippen LogP contribution in [0.5, 0.6) is 0 Å². The molecule has 0 radical (unpaired) electrons. The summed E-state index contributed by atoms with van der Waals surface area (Å²) in [5.41, 5.74) is 4.17. The Morgan fingerprint density at radius 3 is 2.61 bits per heavy atom. The van der Waals surface area contributed by atoms with Crippen molar-refractivity contribution in [3.63, 3.8) is 0 Å². The highest BCUT2D eigenvalue weighted by Crippen LogP contribution is 2.26. The van der Waals surface area contributed by atoms with Gasteiger partial charge >= 0.3 is 0 Å². The minimum Gasteiger partial charge on any atom is -0.385 e. The van der Waals surface area contributed by atoms with Crippen LogP contribution >= 0.6 is 0 Å². The van der Waals surface area contributed by atoms with Gasteiger partial charge in [-0.1, -0.05) is 0 Å². The molecule has 90 valence electrons. The van der Waals surface area contributed by atoms with E-state index in [1.807, 2.05) is 0 Å². The van der Waals surface area contributed by atoms with Gasteiger partial charge < -0.3 is 10.7 Å². The third kappa shape index (κ3) is 1.94. The fourth-order valence-corrected chi connectivity index (χ4v) is 1.61. The van der Waals surface area contributed by atoms with E-state index in [0.29, 0.717) is 0 Å². The van der Waals surface area contributed by atoms with Gasteiger partial charge in [-0.25, -0.2) is 8.78 Å². The highest BCUT2D eigenvalue weighted by Gasteiger charge is 2.14. The maximum atomic E-state index is 13.6. The van der Waals surface area contributed by atoms with Gasteiger partial charge in [-0.3, -0.25) is 4.79 Å². The van der Waals surface area contributed by atoms with Gasteiger partial charge in [0.1, 0.15) is 29.1 Å². The van der Waals surface area contributed by atoms with Crippen molar-refractivity contribution in [3.05, 3.63) is 51.8 Å². The van der Waals surface area contributed by atoms with Crippen LogP contribution in [0.3, 0.4) is 0 Å². The monoisotopic (exact) mass is 247 g/mol. The van der Waals surface area contributed by atoms with Crippen molar-refractivity contribution in [3.8, 4) is 17.2 Å². The van der Waals surface area contributed by atoms with Gasteiger partial charge in [-0.2, -0.15) is 5.26 Å². The van der Waals surface area contributed by atoms with Gasteiger partial charge in [0, 0.05) is 11.1 Å². The molecule has 0 amide bonds. The van der Waals surface area contributed by atoms with Crippen LogP contribution in [0.2, 0.25) is 0 Å². The minimum atomic E-state index is -0.740. The van der Waals surface area contributed by atoms with E-state index in [1.54, 1.807) is 6.07 Å². The summed E-state index contributed by atoms with van der Waals surface area (Å²) in [7, 11) is 0. The van der Waals surface area contributed by atoms with Gasteiger partial charge in [0.2, 0.25) is 0 Å². The molecule has 2 rings (SSSR count). The Hall–Kier alpha value is -2.68. The number of aromatic amines is 1. The minimum absolute atomic E-state index is 0.0299. The number of pyridine rings is 1. The number of nitrogens with zero attached hydrogens (tertiary/aromatic N) is 1. The van der Waals surface area contributed by atoms with Crippen LogP contribution in [-0.4, -0.2) is 4.98 Å². The predicted molar refractivity (Wildman–Crippen MR) is 61.5 cm³/mol. The first kappa shape index (κ1) is 11.8. The van der Waals surface area contributed by atoms with Crippen molar-refractivity contribution in [2.45, 2.75) is 0 Å². The van der Waals surface area contributed by atoms with E-state index in [0.717, 1.165) is 18.2 Å². The fourth-order valence-electron chi connectivity index (χ4n) is 1.61. The zero-order valence-electron chi connectivity index (χ0n) is 9.00. The first-order chi connectivity index (χ1) is 8.52. The summed E-state index contributed by atoms with van der Waals surface area (Å²) in [5, 5.41) is 8.88.